The minimum Gasteiger partial charge on any atom is -0.374 e. The number of fused-ring (bicyclic) bond motifs is 1. The third kappa shape index (κ3) is 3.87. The summed E-state index contributed by atoms with van der Waals surface area (Å²) in [6.07, 6.45) is 4.76. The third-order valence-electron chi connectivity index (χ3n) is 5.13. The molecule has 2 fully saturated rings. The van der Waals surface area contributed by atoms with Gasteiger partial charge in [-0.1, -0.05) is 50.1 Å². The van der Waals surface area contributed by atoms with Crippen LogP contribution in [-0.2, 0) is 9.53 Å². The average molecular weight is 339 g/mol. The molecule has 1 amide bonds. The molecule has 1 heterocycles. The Balaban J connectivity index is 0.00000192. The summed E-state index contributed by atoms with van der Waals surface area (Å²) in [6, 6.07) is 9.90. The van der Waals surface area contributed by atoms with E-state index in [4.69, 9.17) is 10.5 Å². The van der Waals surface area contributed by atoms with Crippen LogP contribution in [0.4, 0.5) is 0 Å². The van der Waals surface area contributed by atoms with Crippen LogP contribution in [0.25, 0.3) is 0 Å². The molecule has 1 saturated carbocycles. The Morgan fingerprint density at radius 2 is 1.96 bits per heavy atom. The monoisotopic (exact) mass is 338 g/mol. The molecule has 5 heteroatoms. The predicted molar refractivity (Wildman–Crippen MR) is 93.5 cm³/mol. The van der Waals surface area contributed by atoms with Crippen LogP contribution in [-0.4, -0.2) is 36.1 Å². The Labute approximate surface area is 144 Å². The molecular formula is C18H27ClN2O2. The summed E-state index contributed by atoms with van der Waals surface area (Å²) >= 11 is 0. The number of amides is 1. The number of ether oxygens (including phenoxy) is 1. The van der Waals surface area contributed by atoms with Crippen LogP contribution in [0.5, 0.6) is 0 Å². The number of carbonyl (C=O) groups is 1. The first-order valence-electron chi connectivity index (χ1n) is 8.41. The molecule has 3 rings (SSSR count). The smallest absolute Gasteiger partial charge is 0.227 e. The highest BCUT2D eigenvalue weighted by atomic mass is 35.5. The van der Waals surface area contributed by atoms with Crippen molar-refractivity contribution in [3.05, 3.63) is 35.9 Å². The number of morpholine rings is 1. The van der Waals surface area contributed by atoms with Crippen molar-refractivity contribution in [3.63, 3.8) is 0 Å². The van der Waals surface area contributed by atoms with Gasteiger partial charge < -0.3 is 15.4 Å². The van der Waals surface area contributed by atoms with Gasteiger partial charge in [-0.05, 0) is 18.4 Å². The fraction of sp³-hybridized carbons (Fsp3) is 0.611. The van der Waals surface area contributed by atoms with Gasteiger partial charge in [0, 0.05) is 12.6 Å². The summed E-state index contributed by atoms with van der Waals surface area (Å²) in [4.78, 5) is 15.0. The number of benzene rings is 1. The van der Waals surface area contributed by atoms with Gasteiger partial charge >= 0.3 is 0 Å². The Bertz CT molecular complexity index is 509. The maximum atomic E-state index is 13.0. The normalized spacial score (nSPS) is 26.6. The lowest BCUT2D eigenvalue weighted by molar-refractivity contribution is -0.153. The van der Waals surface area contributed by atoms with Crippen LogP contribution in [0, 0.1) is 5.92 Å². The molecule has 0 spiro atoms. The summed E-state index contributed by atoms with van der Waals surface area (Å²) in [5.74, 6) is -0.0281. The van der Waals surface area contributed by atoms with E-state index in [0.717, 1.165) is 18.4 Å². The van der Waals surface area contributed by atoms with Gasteiger partial charge in [-0.3, -0.25) is 4.79 Å². The Morgan fingerprint density at radius 1 is 1.26 bits per heavy atom. The van der Waals surface area contributed by atoms with Crippen molar-refractivity contribution >= 4 is 18.3 Å². The van der Waals surface area contributed by atoms with E-state index >= 15 is 0 Å². The van der Waals surface area contributed by atoms with Crippen molar-refractivity contribution in [2.45, 2.75) is 50.8 Å². The van der Waals surface area contributed by atoms with Gasteiger partial charge in [0.05, 0.1) is 24.7 Å². The van der Waals surface area contributed by atoms with Crippen molar-refractivity contribution in [2.75, 3.05) is 13.2 Å². The van der Waals surface area contributed by atoms with Crippen molar-refractivity contribution in [1.82, 2.24) is 4.90 Å². The molecule has 4 unspecified atom stereocenters. The molecule has 0 aromatic heterocycles. The molecule has 1 aromatic rings. The second-order valence-corrected chi connectivity index (χ2v) is 6.52. The first-order valence-corrected chi connectivity index (χ1v) is 8.41. The minimum atomic E-state index is -0.251. The number of halogens is 1. The lowest BCUT2D eigenvalue weighted by Crippen LogP contribution is -2.56. The second-order valence-electron chi connectivity index (χ2n) is 6.52. The highest BCUT2D eigenvalue weighted by Gasteiger charge is 2.39. The lowest BCUT2D eigenvalue weighted by atomic mass is 9.88. The zero-order chi connectivity index (χ0) is 15.5. The molecule has 1 aromatic carbocycles. The van der Waals surface area contributed by atoms with E-state index in [1.165, 1.54) is 12.8 Å². The maximum absolute atomic E-state index is 13.0. The quantitative estimate of drug-likeness (QED) is 0.922. The molecule has 23 heavy (non-hydrogen) atoms. The van der Waals surface area contributed by atoms with E-state index in [9.17, 15) is 4.79 Å². The van der Waals surface area contributed by atoms with E-state index in [-0.39, 0.29) is 42.4 Å². The van der Waals surface area contributed by atoms with Crippen LogP contribution < -0.4 is 5.73 Å². The molecule has 1 saturated heterocycles. The molecule has 1 aliphatic carbocycles. The number of hydrogen-bond acceptors (Lipinski definition) is 3. The molecule has 0 radical (unpaired) electrons. The average Bonchev–Trinajstić information content (AvgIpc) is 2.60. The molecule has 128 valence electrons. The molecule has 4 nitrogen and oxygen atoms in total. The topological polar surface area (TPSA) is 55.6 Å². The number of nitrogens with zero attached hydrogens (tertiary/aromatic N) is 1. The van der Waals surface area contributed by atoms with Crippen LogP contribution in [0.3, 0.4) is 0 Å². The minimum absolute atomic E-state index is 0. The summed E-state index contributed by atoms with van der Waals surface area (Å²) in [5, 5.41) is 0. The van der Waals surface area contributed by atoms with Gasteiger partial charge in [-0.2, -0.15) is 0 Å². The van der Waals surface area contributed by atoms with Crippen LogP contribution in [0.2, 0.25) is 0 Å². The molecule has 2 aliphatic rings. The van der Waals surface area contributed by atoms with Crippen LogP contribution >= 0.6 is 12.4 Å². The highest BCUT2D eigenvalue weighted by Crippen LogP contribution is 2.31. The second kappa shape index (κ2) is 8.13. The van der Waals surface area contributed by atoms with Crippen molar-refractivity contribution in [3.8, 4) is 0 Å². The number of hydrogen-bond donors (Lipinski definition) is 1. The van der Waals surface area contributed by atoms with E-state index in [1.54, 1.807) is 0 Å². The number of carbonyl (C=O) groups excluding carboxylic acids is 1. The van der Waals surface area contributed by atoms with Crippen molar-refractivity contribution in [1.29, 1.82) is 0 Å². The van der Waals surface area contributed by atoms with Crippen molar-refractivity contribution in [2.24, 2.45) is 11.7 Å². The standard InChI is InChI=1S/C18H26N2O2.ClH/c1-13(17(19)14-7-3-2-4-8-14)18(21)20-11-12-22-16-10-6-5-9-15(16)20;/h2-4,7-8,13,15-17H,5-6,9-12,19H2,1H3;1H. The third-order valence-corrected chi connectivity index (χ3v) is 5.13. The fourth-order valence-electron chi connectivity index (χ4n) is 3.75. The summed E-state index contributed by atoms with van der Waals surface area (Å²) in [6.45, 7) is 3.30. The van der Waals surface area contributed by atoms with E-state index in [0.29, 0.717) is 13.2 Å². The Morgan fingerprint density at radius 3 is 2.70 bits per heavy atom. The molecule has 4 atom stereocenters. The van der Waals surface area contributed by atoms with Crippen LogP contribution in [0.1, 0.15) is 44.2 Å². The highest BCUT2D eigenvalue weighted by molar-refractivity contribution is 5.85. The largest absolute Gasteiger partial charge is 0.374 e. The van der Waals surface area contributed by atoms with Gasteiger partial charge in [0.2, 0.25) is 5.91 Å². The summed E-state index contributed by atoms with van der Waals surface area (Å²) < 4.78 is 5.86. The lowest BCUT2D eigenvalue weighted by Gasteiger charge is -2.45. The molecular weight excluding hydrogens is 312 g/mol. The SMILES string of the molecule is CC(C(=O)N1CCOC2CCCCC21)C(N)c1ccccc1.Cl. The summed E-state index contributed by atoms with van der Waals surface area (Å²) in [5.41, 5.74) is 7.36. The maximum Gasteiger partial charge on any atom is 0.227 e. The van der Waals surface area contributed by atoms with E-state index in [2.05, 4.69) is 0 Å². The molecule has 0 bridgehead atoms. The van der Waals surface area contributed by atoms with Gasteiger partial charge in [-0.15, -0.1) is 12.4 Å². The first-order chi connectivity index (χ1) is 10.7. The van der Waals surface area contributed by atoms with Gasteiger partial charge in [0.15, 0.2) is 0 Å². The van der Waals surface area contributed by atoms with E-state index in [1.807, 2.05) is 42.2 Å². The fourth-order valence-corrected chi connectivity index (χ4v) is 3.75. The van der Waals surface area contributed by atoms with Gasteiger partial charge in [0.25, 0.3) is 0 Å². The molecule has 1 aliphatic heterocycles. The van der Waals surface area contributed by atoms with Crippen LogP contribution in [0.15, 0.2) is 30.3 Å². The first kappa shape index (κ1) is 18.2. The molecule has 2 N–H and O–H groups in total. The van der Waals surface area contributed by atoms with Crippen molar-refractivity contribution < 1.29 is 9.53 Å². The number of rotatable bonds is 3. The summed E-state index contributed by atoms with van der Waals surface area (Å²) in [7, 11) is 0. The Kier molecular flexibility index (Phi) is 6.45. The predicted octanol–water partition coefficient (Wildman–Crippen LogP) is 2.91. The van der Waals surface area contributed by atoms with E-state index < -0.39 is 0 Å². The zero-order valence-corrected chi connectivity index (χ0v) is 14.5. The Hall–Kier alpha value is -1.10. The number of nitrogens with two attached hydrogens (primary N) is 1. The van der Waals surface area contributed by atoms with Gasteiger partial charge in [-0.25, -0.2) is 0 Å². The zero-order valence-electron chi connectivity index (χ0n) is 13.7. The van der Waals surface area contributed by atoms with Gasteiger partial charge in [0.1, 0.15) is 0 Å².